The molecule has 0 unspecified atom stereocenters. The van der Waals surface area contributed by atoms with Crippen molar-refractivity contribution in [2.75, 3.05) is 5.32 Å². The number of oxazole rings is 1. The summed E-state index contributed by atoms with van der Waals surface area (Å²) in [5.74, 6) is -1.20. The number of rotatable bonds is 2. The second-order valence-electron chi connectivity index (χ2n) is 5.72. The molecule has 26 heavy (non-hydrogen) atoms. The molecule has 0 fully saturated rings. The summed E-state index contributed by atoms with van der Waals surface area (Å²) < 4.78 is 7.22. The van der Waals surface area contributed by atoms with Crippen molar-refractivity contribution in [3.63, 3.8) is 0 Å². The highest BCUT2D eigenvalue weighted by Gasteiger charge is 2.18. The predicted octanol–water partition coefficient (Wildman–Crippen LogP) is 3.40. The van der Waals surface area contributed by atoms with E-state index >= 15 is 0 Å². The molecule has 0 spiro atoms. The highest BCUT2D eigenvalue weighted by Crippen LogP contribution is 2.30. The molecule has 0 saturated carbocycles. The maximum atomic E-state index is 12.8. The third kappa shape index (κ3) is 2.55. The number of benzene rings is 2. The second-order valence-corrected chi connectivity index (χ2v) is 6.57. The minimum absolute atomic E-state index is 0.117. The summed E-state index contributed by atoms with van der Waals surface area (Å²) in [5, 5.41) is 13.4. The molecule has 130 valence electrons. The Bertz CT molecular complexity index is 1240. The predicted molar refractivity (Wildman–Crippen MR) is 101 cm³/mol. The Morgan fingerprint density at radius 3 is 2.92 bits per heavy atom. The molecule has 2 N–H and O–H groups in total. The number of para-hydroxylation sites is 1. The lowest BCUT2D eigenvalue weighted by Crippen LogP contribution is -2.13. The van der Waals surface area contributed by atoms with Crippen molar-refractivity contribution in [1.82, 2.24) is 9.55 Å². The molecule has 1 amide bonds. The quantitative estimate of drug-likeness (QED) is 0.524. The summed E-state index contributed by atoms with van der Waals surface area (Å²) in [6.07, 6.45) is 1.24. The Kier molecular flexibility index (Phi) is 3.77. The van der Waals surface area contributed by atoms with Crippen molar-refractivity contribution >= 4 is 49.5 Å². The van der Waals surface area contributed by atoms with Gasteiger partial charge in [0, 0.05) is 28.7 Å². The first kappa shape index (κ1) is 16.3. The van der Waals surface area contributed by atoms with Gasteiger partial charge in [0.25, 0.3) is 5.91 Å². The third-order valence-electron chi connectivity index (χ3n) is 4.11. The summed E-state index contributed by atoms with van der Waals surface area (Å²) >= 11 is 3.39. The van der Waals surface area contributed by atoms with E-state index in [1.807, 2.05) is 0 Å². The fourth-order valence-electron chi connectivity index (χ4n) is 2.82. The van der Waals surface area contributed by atoms with Crippen molar-refractivity contribution in [2.45, 2.75) is 0 Å². The van der Waals surface area contributed by atoms with Crippen LogP contribution < -0.4 is 11.1 Å². The minimum Gasteiger partial charge on any atom is -0.505 e. The Morgan fingerprint density at radius 1 is 1.31 bits per heavy atom. The van der Waals surface area contributed by atoms with Crippen LogP contribution in [0.4, 0.5) is 5.69 Å². The average Bonchev–Trinajstić information content (AvgIpc) is 2.88. The molecule has 2 aromatic carbocycles. The minimum atomic E-state index is -0.495. The highest BCUT2D eigenvalue weighted by molar-refractivity contribution is 9.10. The van der Waals surface area contributed by atoms with Crippen LogP contribution in [0, 0.1) is 0 Å². The van der Waals surface area contributed by atoms with Crippen molar-refractivity contribution < 1.29 is 14.3 Å². The van der Waals surface area contributed by atoms with Crippen molar-refractivity contribution in [3.8, 4) is 5.75 Å². The van der Waals surface area contributed by atoms with Gasteiger partial charge in [0.15, 0.2) is 5.58 Å². The number of nitrogens with zero attached hydrogens (tertiary/aromatic N) is 2. The van der Waals surface area contributed by atoms with E-state index in [1.165, 1.54) is 10.8 Å². The number of amides is 1. The lowest BCUT2D eigenvalue weighted by Gasteiger charge is -2.10. The normalized spacial score (nSPS) is 11.2. The summed E-state index contributed by atoms with van der Waals surface area (Å²) in [6, 6.07) is 10.2. The second kappa shape index (κ2) is 5.99. The molecule has 0 aliphatic heterocycles. The number of aromatic nitrogens is 2. The van der Waals surface area contributed by atoms with E-state index in [1.54, 1.807) is 43.4 Å². The lowest BCUT2D eigenvalue weighted by atomic mass is 10.1. The smallest absolute Gasteiger partial charge is 0.419 e. The van der Waals surface area contributed by atoms with E-state index < -0.39 is 11.7 Å². The van der Waals surface area contributed by atoms with E-state index in [2.05, 4.69) is 26.2 Å². The molecule has 0 saturated heterocycles. The van der Waals surface area contributed by atoms with Crippen LogP contribution in [0.3, 0.4) is 0 Å². The van der Waals surface area contributed by atoms with Crippen LogP contribution in [-0.4, -0.2) is 20.6 Å². The zero-order chi connectivity index (χ0) is 18.4. The molecule has 7 nitrogen and oxygen atoms in total. The van der Waals surface area contributed by atoms with Gasteiger partial charge in [0.2, 0.25) is 0 Å². The molecule has 0 radical (unpaired) electrons. The van der Waals surface area contributed by atoms with Gasteiger partial charge >= 0.3 is 5.76 Å². The van der Waals surface area contributed by atoms with E-state index in [4.69, 9.17) is 4.42 Å². The largest absolute Gasteiger partial charge is 0.505 e. The first-order chi connectivity index (χ1) is 12.5. The van der Waals surface area contributed by atoms with Crippen LogP contribution in [0.1, 0.15) is 10.4 Å². The van der Waals surface area contributed by atoms with E-state index in [0.717, 1.165) is 4.47 Å². The van der Waals surface area contributed by atoms with Crippen LogP contribution in [0.5, 0.6) is 5.75 Å². The average molecular weight is 414 g/mol. The Labute approximate surface area is 155 Å². The van der Waals surface area contributed by atoms with Crippen LogP contribution in [0.2, 0.25) is 0 Å². The molecule has 4 aromatic rings. The molecular weight excluding hydrogens is 402 g/mol. The summed E-state index contributed by atoms with van der Waals surface area (Å²) in [6.45, 7) is 0. The topological polar surface area (TPSA) is 97.4 Å². The molecule has 4 rings (SSSR count). The van der Waals surface area contributed by atoms with Crippen molar-refractivity contribution in [1.29, 1.82) is 0 Å². The number of hydrogen-bond acceptors (Lipinski definition) is 5. The number of fused-ring (bicyclic) bond motifs is 2. The van der Waals surface area contributed by atoms with Crippen LogP contribution in [0.15, 0.2) is 56.3 Å². The van der Waals surface area contributed by atoms with Gasteiger partial charge in [-0.05, 0) is 34.1 Å². The summed E-state index contributed by atoms with van der Waals surface area (Å²) in [7, 11) is 1.60. The maximum Gasteiger partial charge on any atom is 0.419 e. The molecule has 0 atom stereocenters. The van der Waals surface area contributed by atoms with E-state index in [-0.39, 0.29) is 11.3 Å². The molecule has 0 bridgehead atoms. The summed E-state index contributed by atoms with van der Waals surface area (Å²) in [4.78, 5) is 28.5. The first-order valence-corrected chi connectivity index (χ1v) is 8.42. The Balaban J connectivity index is 1.77. The molecule has 0 aliphatic rings. The highest BCUT2D eigenvalue weighted by atomic mass is 79.9. The number of aryl methyl sites for hydroxylation is 1. The number of pyridine rings is 1. The standard InChI is InChI=1S/C18H12BrN3O4/c1-22-12-6-5-9(7-14(12)26-18(22)25)21-17(24)15-10-3-2-4-11(19)16(10)20-8-13(15)23/h2-8,23H,1H3,(H,21,24). The number of anilines is 1. The van der Waals surface area contributed by atoms with Gasteiger partial charge in [-0.2, -0.15) is 0 Å². The number of aromatic hydroxyl groups is 1. The van der Waals surface area contributed by atoms with E-state index in [9.17, 15) is 14.7 Å². The van der Waals surface area contributed by atoms with E-state index in [0.29, 0.717) is 27.7 Å². The number of carbonyl (C=O) groups is 1. The number of halogens is 1. The van der Waals surface area contributed by atoms with Crippen LogP contribution in [0.25, 0.3) is 22.0 Å². The molecule has 8 heteroatoms. The maximum absolute atomic E-state index is 12.8. The number of carbonyl (C=O) groups excluding carboxylic acids is 1. The van der Waals surface area contributed by atoms with Gasteiger partial charge in [-0.15, -0.1) is 0 Å². The van der Waals surface area contributed by atoms with Gasteiger partial charge < -0.3 is 14.8 Å². The molecule has 2 heterocycles. The third-order valence-corrected chi connectivity index (χ3v) is 4.75. The summed E-state index contributed by atoms with van der Waals surface area (Å²) in [5.41, 5.74) is 2.11. The van der Waals surface area contributed by atoms with Crippen molar-refractivity contribution in [2.24, 2.45) is 7.05 Å². The Morgan fingerprint density at radius 2 is 2.12 bits per heavy atom. The molecule has 0 aliphatic carbocycles. The van der Waals surface area contributed by atoms with Gasteiger partial charge in [-0.1, -0.05) is 12.1 Å². The van der Waals surface area contributed by atoms with Crippen LogP contribution >= 0.6 is 15.9 Å². The number of hydrogen-bond donors (Lipinski definition) is 2. The molecule has 2 aromatic heterocycles. The van der Waals surface area contributed by atoms with Gasteiger partial charge in [0.05, 0.1) is 22.8 Å². The monoisotopic (exact) mass is 413 g/mol. The Hall–Kier alpha value is -3.13. The molecular formula is C18H12BrN3O4. The van der Waals surface area contributed by atoms with Gasteiger partial charge in [-0.3, -0.25) is 14.3 Å². The van der Waals surface area contributed by atoms with Crippen LogP contribution in [-0.2, 0) is 7.05 Å². The fraction of sp³-hybridized carbons (Fsp3) is 0.0556. The van der Waals surface area contributed by atoms with Gasteiger partial charge in [-0.25, -0.2) is 4.79 Å². The SMILES string of the molecule is Cn1c(=O)oc2cc(NC(=O)c3c(O)cnc4c(Br)cccc34)ccc21. The van der Waals surface area contributed by atoms with Crippen molar-refractivity contribution in [3.05, 3.63) is 63.2 Å². The number of nitrogens with one attached hydrogen (secondary N) is 1. The first-order valence-electron chi connectivity index (χ1n) is 7.63. The zero-order valence-electron chi connectivity index (χ0n) is 13.5. The lowest BCUT2D eigenvalue weighted by molar-refractivity contribution is 0.102. The van der Waals surface area contributed by atoms with Gasteiger partial charge in [0.1, 0.15) is 5.75 Å². The zero-order valence-corrected chi connectivity index (χ0v) is 15.1. The fourth-order valence-corrected chi connectivity index (χ4v) is 3.29.